The molecule has 0 saturated heterocycles. The Labute approximate surface area is 98.8 Å². The normalized spacial score (nSPS) is 14.1. The van der Waals surface area contributed by atoms with Gasteiger partial charge in [0.15, 0.2) is 0 Å². The number of aliphatic hydroxyl groups is 1. The summed E-state index contributed by atoms with van der Waals surface area (Å²) in [7, 11) is 1.00. The van der Waals surface area contributed by atoms with E-state index in [0.29, 0.717) is 6.10 Å². The molecule has 1 aromatic heterocycles. The van der Waals surface area contributed by atoms with Gasteiger partial charge in [-0.15, -0.1) is 0 Å². The standard InChI is InChI=1S/C9H11NO.CH4O.W/c1-2-8(3-1)11-9-4-6-10-7-5-9;1-2;/h4-8H,1-3H2;2H,1H3;. The number of pyridine rings is 1. The molecule has 1 aromatic rings. The van der Waals surface area contributed by atoms with Gasteiger partial charge in [0.25, 0.3) is 0 Å². The average molecular weight is 365 g/mol. The van der Waals surface area contributed by atoms with Gasteiger partial charge in [-0.1, -0.05) is 0 Å². The van der Waals surface area contributed by atoms with Crippen molar-refractivity contribution in [3.63, 3.8) is 0 Å². The van der Waals surface area contributed by atoms with Gasteiger partial charge in [-0.2, -0.15) is 0 Å². The van der Waals surface area contributed by atoms with Crippen LogP contribution >= 0.6 is 0 Å². The molecule has 4 heteroatoms. The van der Waals surface area contributed by atoms with E-state index in [9.17, 15) is 0 Å². The van der Waals surface area contributed by atoms with Crippen LogP contribution in [0.4, 0.5) is 0 Å². The Kier molecular flexibility index (Phi) is 7.72. The first kappa shape index (κ1) is 13.6. The van der Waals surface area contributed by atoms with E-state index in [1.165, 1.54) is 19.3 Å². The molecule has 1 saturated carbocycles. The molecule has 0 unspecified atom stereocenters. The number of hydrogen-bond acceptors (Lipinski definition) is 3. The fourth-order valence-electron chi connectivity index (χ4n) is 1.10. The molecule has 0 radical (unpaired) electrons. The number of hydrogen-bond donors (Lipinski definition) is 1. The molecule has 1 aliphatic carbocycles. The van der Waals surface area contributed by atoms with Crippen LogP contribution in [0.1, 0.15) is 19.3 Å². The van der Waals surface area contributed by atoms with Crippen molar-refractivity contribution in [3.8, 4) is 5.75 Å². The second-order valence-corrected chi connectivity index (χ2v) is 2.85. The second-order valence-electron chi connectivity index (χ2n) is 2.85. The molecule has 1 heterocycles. The number of ether oxygens (including phenoxy) is 1. The van der Waals surface area contributed by atoms with Gasteiger partial charge in [-0.25, -0.2) is 0 Å². The largest absolute Gasteiger partial charge is 0.490 e. The maximum atomic E-state index is 7.00. The molecule has 1 aliphatic rings. The van der Waals surface area contributed by atoms with Crippen LogP contribution in [0.3, 0.4) is 0 Å². The van der Waals surface area contributed by atoms with Crippen molar-refractivity contribution < 1.29 is 30.9 Å². The zero-order valence-electron chi connectivity index (χ0n) is 8.22. The maximum absolute atomic E-state index is 7.00. The molecule has 0 bridgehead atoms. The van der Waals surface area contributed by atoms with E-state index in [4.69, 9.17) is 9.84 Å². The molecule has 2 rings (SSSR count). The summed E-state index contributed by atoms with van der Waals surface area (Å²) in [5.74, 6) is 0.949. The molecule has 14 heavy (non-hydrogen) atoms. The van der Waals surface area contributed by atoms with Crippen LogP contribution in [0.15, 0.2) is 24.5 Å². The van der Waals surface area contributed by atoms with Gasteiger partial charge in [0.2, 0.25) is 0 Å². The second kappa shape index (κ2) is 7.95. The third kappa shape index (κ3) is 4.21. The van der Waals surface area contributed by atoms with Crippen LogP contribution in [0.25, 0.3) is 0 Å². The topological polar surface area (TPSA) is 42.4 Å². The van der Waals surface area contributed by atoms with Gasteiger partial charge in [0, 0.05) is 40.6 Å². The Bertz CT molecular complexity index is 227. The van der Waals surface area contributed by atoms with Crippen LogP contribution in [-0.2, 0) is 21.1 Å². The molecule has 1 fully saturated rings. The van der Waals surface area contributed by atoms with Gasteiger partial charge < -0.3 is 9.84 Å². The number of nitrogens with zero attached hydrogens (tertiary/aromatic N) is 1. The monoisotopic (exact) mass is 365 g/mol. The number of rotatable bonds is 2. The third-order valence-corrected chi connectivity index (χ3v) is 2.00. The fourth-order valence-corrected chi connectivity index (χ4v) is 1.10. The first-order chi connectivity index (χ1) is 6.45. The number of aromatic nitrogens is 1. The summed E-state index contributed by atoms with van der Waals surface area (Å²) in [6.45, 7) is 0. The summed E-state index contributed by atoms with van der Waals surface area (Å²) in [5.41, 5.74) is 0. The number of aliphatic hydroxyl groups excluding tert-OH is 1. The van der Waals surface area contributed by atoms with Crippen molar-refractivity contribution in [2.24, 2.45) is 0 Å². The summed E-state index contributed by atoms with van der Waals surface area (Å²) < 4.78 is 5.61. The van der Waals surface area contributed by atoms with E-state index >= 15 is 0 Å². The maximum Gasteiger partial charge on any atom is 0.122 e. The molecule has 3 nitrogen and oxygen atoms in total. The summed E-state index contributed by atoms with van der Waals surface area (Å²) in [6, 6.07) is 3.80. The van der Waals surface area contributed by atoms with Crippen LogP contribution in [0.2, 0.25) is 0 Å². The van der Waals surface area contributed by atoms with E-state index in [-0.39, 0.29) is 21.1 Å². The van der Waals surface area contributed by atoms with E-state index < -0.39 is 0 Å². The minimum atomic E-state index is 0. The van der Waals surface area contributed by atoms with Crippen LogP contribution in [0, 0.1) is 0 Å². The van der Waals surface area contributed by atoms with E-state index in [1.54, 1.807) is 12.4 Å². The molecule has 0 aliphatic heterocycles. The van der Waals surface area contributed by atoms with Gasteiger partial charge in [0.1, 0.15) is 5.75 Å². The Balaban J connectivity index is 0.000000531. The van der Waals surface area contributed by atoms with Crippen molar-refractivity contribution in [2.75, 3.05) is 7.11 Å². The molecular weight excluding hydrogens is 350 g/mol. The minimum absolute atomic E-state index is 0. The fraction of sp³-hybridized carbons (Fsp3) is 0.500. The average Bonchev–Trinajstić information content (AvgIpc) is 2.17. The Morgan fingerprint density at radius 3 is 2.29 bits per heavy atom. The molecular formula is C10H15NO2W. The van der Waals surface area contributed by atoms with Gasteiger partial charge in [-0.3, -0.25) is 4.98 Å². The quantitative estimate of drug-likeness (QED) is 0.867. The van der Waals surface area contributed by atoms with Crippen molar-refractivity contribution in [1.82, 2.24) is 4.98 Å². The van der Waals surface area contributed by atoms with Crippen LogP contribution < -0.4 is 4.74 Å². The first-order valence-corrected chi connectivity index (χ1v) is 4.46. The summed E-state index contributed by atoms with van der Waals surface area (Å²) in [6.07, 6.45) is 7.72. The predicted molar refractivity (Wildman–Crippen MR) is 50.6 cm³/mol. The zero-order chi connectivity index (χ0) is 9.52. The van der Waals surface area contributed by atoms with Crippen LogP contribution in [-0.4, -0.2) is 23.3 Å². The zero-order valence-corrected chi connectivity index (χ0v) is 11.2. The summed E-state index contributed by atoms with van der Waals surface area (Å²) in [4.78, 5) is 3.92. The van der Waals surface area contributed by atoms with Crippen molar-refractivity contribution in [3.05, 3.63) is 24.5 Å². The minimum Gasteiger partial charge on any atom is -0.490 e. The summed E-state index contributed by atoms with van der Waals surface area (Å²) >= 11 is 0. The molecule has 0 aromatic carbocycles. The van der Waals surface area contributed by atoms with E-state index in [2.05, 4.69) is 4.98 Å². The predicted octanol–water partition coefficient (Wildman–Crippen LogP) is 1.62. The Morgan fingerprint density at radius 1 is 1.29 bits per heavy atom. The SMILES string of the molecule is CO.[W].c1cc(OC2CCC2)ccn1. The molecule has 78 valence electrons. The van der Waals surface area contributed by atoms with E-state index in [0.717, 1.165) is 12.9 Å². The Hall–Kier alpha value is -0.402. The van der Waals surface area contributed by atoms with Crippen molar-refractivity contribution in [1.29, 1.82) is 0 Å². The first-order valence-electron chi connectivity index (χ1n) is 4.46. The molecule has 0 spiro atoms. The third-order valence-electron chi connectivity index (χ3n) is 2.00. The van der Waals surface area contributed by atoms with Crippen molar-refractivity contribution in [2.45, 2.75) is 25.4 Å². The summed E-state index contributed by atoms with van der Waals surface area (Å²) in [5, 5.41) is 7.00. The van der Waals surface area contributed by atoms with Crippen LogP contribution in [0.5, 0.6) is 5.75 Å². The Morgan fingerprint density at radius 2 is 1.86 bits per heavy atom. The molecule has 0 atom stereocenters. The van der Waals surface area contributed by atoms with Gasteiger partial charge in [0.05, 0.1) is 6.10 Å². The molecule has 1 N–H and O–H groups in total. The smallest absolute Gasteiger partial charge is 0.122 e. The van der Waals surface area contributed by atoms with Gasteiger partial charge in [-0.05, 0) is 31.4 Å². The van der Waals surface area contributed by atoms with E-state index in [1.807, 2.05) is 12.1 Å². The van der Waals surface area contributed by atoms with Gasteiger partial charge >= 0.3 is 0 Å². The van der Waals surface area contributed by atoms with Crippen molar-refractivity contribution >= 4 is 0 Å². The molecule has 0 amide bonds.